The summed E-state index contributed by atoms with van der Waals surface area (Å²) in [6.07, 6.45) is 2.32. The van der Waals surface area contributed by atoms with E-state index in [0.717, 1.165) is 12.8 Å². The second-order valence-corrected chi connectivity index (χ2v) is 8.37. The number of rotatable bonds is 11. The molecule has 0 radical (unpaired) electrons. The quantitative estimate of drug-likeness (QED) is 0.314. The summed E-state index contributed by atoms with van der Waals surface area (Å²) in [7, 11) is 0. The number of halogens is 2. The van der Waals surface area contributed by atoms with E-state index < -0.39 is 17.9 Å². The highest BCUT2D eigenvalue weighted by atomic mass is 35.5. The Hall–Kier alpha value is -3.34. The molecule has 1 aliphatic carbocycles. The van der Waals surface area contributed by atoms with E-state index in [1.807, 2.05) is 6.92 Å². The number of pyridine rings is 1. The molecule has 12 heteroatoms. The minimum absolute atomic E-state index is 0. The molecule has 1 aliphatic rings. The molecule has 3 aromatic rings. The zero-order valence-electron chi connectivity index (χ0n) is 20.4. The first-order valence-electron chi connectivity index (χ1n) is 11.5. The summed E-state index contributed by atoms with van der Waals surface area (Å²) in [5.41, 5.74) is 7.02. The number of oxazole rings is 1. The van der Waals surface area contributed by atoms with Crippen molar-refractivity contribution in [2.75, 3.05) is 13.2 Å². The third-order valence-electron chi connectivity index (χ3n) is 5.40. The van der Waals surface area contributed by atoms with E-state index in [9.17, 15) is 9.59 Å². The Morgan fingerprint density at radius 2 is 1.92 bits per heavy atom. The number of aromatic nitrogens is 2. The number of ether oxygens (including phenoxy) is 2. The van der Waals surface area contributed by atoms with E-state index in [1.54, 1.807) is 37.3 Å². The van der Waals surface area contributed by atoms with E-state index in [0.29, 0.717) is 41.9 Å². The van der Waals surface area contributed by atoms with Crippen molar-refractivity contribution in [2.24, 2.45) is 11.7 Å². The lowest BCUT2D eigenvalue weighted by molar-refractivity contribution is 0.0690. The third kappa shape index (κ3) is 7.58. The van der Waals surface area contributed by atoms with Crippen molar-refractivity contribution >= 4 is 36.7 Å². The van der Waals surface area contributed by atoms with Crippen molar-refractivity contribution < 1.29 is 28.6 Å². The van der Waals surface area contributed by atoms with Crippen LogP contribution in [0.3, 0.4) is 0 Å². The normalized spacial score (nSPS) is 13.1. The van der Waals surface area contributed by atoms with Crippen LogP contribution in [0, 0.1) is 5.92 Å². The highest BCUT2D eigenvalue weighted by Crippen LogP contribution is 2.36. The summed E-state index contributed by atoms with van der Waals surface area (Å²) >= 11 is 0. The van der Waals surface area contributed by atoms with Crippen LogP contribution in [-0.2, 0) is 6.54 Å². The number of carbonyl (C=O) groups excluding carboxylic acids is 1. The van der Waals surface area contributed by atoms with Gasteiger partial charge in [0.15, 0.2) is 23.0 Å². The predicted octanol–water partition coefficient (Wildman–Crippen LogP) is 4.42. The molecule has 1 amide bonds. The van der Waals surface area contributed by atoms with Crippen molar-refractivity contribution in [2.45, 2.75) is 39.3 Å². The number of carboxylic acids is 1. The van der Waals surface area contributed by atoms with Crippen LogP contribution >= 0.6 is 24.8 Å². The van der Waals surface area contributed by atoms with Gasteiger partial charge in [-0.15, -0.1) is 24.8 Å². The minimum atomic E-state index is -1.14. The SMILES string of the molecule is CCOc1ccc(-c2nc(C(=O)NCc3cccc(C(=O)O)n3)c([C@H](C)N)o2)cc1OCC1CC1.Cl.Cl. The van der Waals surface area contributed by atoms with Crippen LogP contribution in [0.5, 0.6) is 11.5 Å². The molecule has 1 aromatic carbocycles. The molecule has 0 unspecified atom stereocenters. The molecule has 0 aliphatic heterocycles. The van der Waals surface area contributed by atoms with Crippen LogP contribution in [0.25, 0.3) is 11.5 Å². The Bertz CT molecular complexity index is 1230. The second kappa shape index (κ2) is 13.3. The average Bonchev–Trinajstić information content (AvgIpc) is 3.57. The van der Waals surface area contributed by atoms with Crippen LogP contribution in [0.1, 0.15) is 65.2 Å². The number of carboxylic acid groups (broad SMARTS) is 1. The lowest BCUT2D eigenvalue weighted by Crippen LogP contribution is -2.26. The number of nitrogens with one attached hydrogen (secondary N) is 1. The molecular weight excluding hydrogens is 523 g/mol. The number of benzene rings is 1. The largest absolute Gasteiger partial charge is 0.490 e. The smallest absolute Gasteiger partial charge is 0.354 e. The van der Waals surface area contributed by atoms with Crippen molar-refractivity contribution in [3.63, 3.8) is 0 Å². The average molecular weight is 553 g/mol. The Balaban J connectivity index is 0.00000241. The van der Waals surface area contributed by atoms with Crippen LogP contribution < -0.4 is 20.5 Å². The molecule has 4 rings (SSSR count). The highest BCUT2D eigenvalue weighted by Gasteiger charge is 2.25. The van der Waals surface area contributed by atoms with Gasteiger partial charge in [0, 0.05) is 5.56 Å². The molecule has 1 fully saturated rings. The number of hydrogen-bond donors (Lipinski definition) is 3. The standard InChI is InChI=1S/C25H28N4O6.2ClH/c1-3-33-19-10-9-16(11-20(19)34-13-15-7-8-15)24-29-21(22(35-24)14(2)26)23(30)27-12-17-5-4-6-18(28-17)25(31)32;;/h4-6,9-11,14-15H,3,7-8,12-13,26H2,1-2H3,(H,27,30)(H,31,32);2*1H/t14-;;/m0../s1. The maximum atomic E-state index is 12.9. The molecule has 2 heterocycles. The topological polar surface area (TPSA) is 150 Å². The molecule has 2 aromatic heterocycles. The van der Waals surface area contributed by atoms with Crippen molar-refractivity contribution in [1.82, 2.24) is 15.3 Å². The fraction of sp³-hybridized carbons (Fsp3) is 0.360. The van der Waals surface area contributed by atoms with Gasteiger partial charge in [-0.05, 0) is 62.9 Å². The second-order valence-electron chi connectivity index (χ2n) is 8.37. The molecule has 1 saturated carbocycles. The van der Waals surface area contributed by atoms with Gasteiger partial charge >= 0.3 is 5.97 Å². The van der Waals surface area contributed by atoms with Crippen LogP contribution in [0.15, 0.2) is 40.8 Å². The van der Waals surface area contributed by atoms with Gasteiger partial charge in [-0.25, -0.2) is 14.8 Å². The maximum Gasteiger partial charge on any atom is 0.354 e. The third-order valence-corrected chi connectivity index (χ3v) is 5.40. The van der Waals surface area contributed by atoms with Crippen molar-refractivity contribution in [3.05, 3.63) is 59.2 Å². The van der Waals surface area contributed by atoms with Gasteiger partial charge in [0.05, 0.1) is 31.5 Å². The number of nitrogens with zero attached hydrogens (tertiary/aromatic N) is 2. The van der Waals surface area contributed by atoms with E-state index in [-0.39, 0.29) is 54.4 Å². The first-order chi connectivity index (χ1) is 16.9. The van der Waals surface area contributed by atoms with Gasteiger partial charge in [0.1, 0.15) is 5.69 Å². The van der Waals surface area contributed by atoms with Gasteiger partial charge in [-0.3, -0.25) is 4.79 Å². The monoisotopic (exact) mass is 552 g/mol. The van der Waals surface area contributed by atoms with E-state index in [4.69, 9.17) is 24.7 Å². The van der Waals surface area contributed by atoms with E-state index in [2.05, 4.69) is 15.3 Å². The first kappa shape index (κ1) is 29.9. The lowest BCUT2D eigenvalue weighted by atomic mass is 10.2. The Morgan fingerprint density at radius 3 is 2.57 bits per heavy atom. The van der Waals surface area contributed by atoms with Crippen LogP contribution in [-0.4, -0.2) is 40.2 Å². The van der Waals surface area contributed by atoms with Crippen molar-refractivity contribution in [1.29, 1.82) is 0 Å². The molecule has 0 bridgehead atoms. The van der Waals surface area contributed by atoms with E-state index >= 15 is 0 Å². The molecule has 0 saturated heterocycles. The summed E-state index contributed by atoms with van der Waals surface area (Å²) in [6, 6.07) is 9.34. The lowest BCUT2D eigenvalue weighted by Gasteiger charge is -2.12. The number of carbonyl (C=O) groups is 2. The summed E-state index contributed by atoms with van der Waals surface area (Å²) in [6.45, 7) is 4.73. The van der Waals surface area contributed by atoms with Gasteiger partial charge in [-0.2, -0.15) is 0 Å². The number of hydrogen-bond acceptors (Lipinski definition) is 8. The van der Waals surface area contributed by atoms with Crippen LogP contribution in [0.2, 0.25) is 0 Å². The highest BCUT2D eigenvalue weighted by molar-refractivity contribution is 5.94. The zero-order chi connectivity index (χ0) is 24.9. The minimum Gasteiger partial charge on any atom is -0.490 e. The zero-order valence-corrected chi connectivity index (χ0v) is 22.1. The molecule has 4 N–H and O–H groups in total. The first-order valence-corrected chi connectivity index (χ1v) is 11.5. The van der Waals surface area contributed by atoms with Crippen molar-refractivity contribution in [3.8, 4) is 23.0 Å². The maximum absolute atomic E-state index is 12.9. The van der Waals surface area contributed by atoms with Crippen LogP contribution in [0.4, 0.5) is 0 Å². The summed E-state index contributed by atoms with van der Waals surface area (Å²) in [5, 5.41) is 11.8. The fourth-order valence-electron chi connectivity index (χ4n) is 3.40. The Labute approximate surface area is 226 Å². The van der Waals surface area contributed by atoms with Gasteiger partial charge in [0.25, 0.3) is 5.91 Å². The molecular formula is C25H30Cl2N4O6. The summed E-state index contributed by atoms with van der Waals surface area (Å²) < 4.78 is 17.5. The fourth-order valence-corrected chi connectivity index (χ4v) is 3.40. The summed E-state index contributed by atoms with van der Waals surface area (Å²) in [5.74, 6) is 0.602. The molecule has 0 spiro atoms. The Morgan fingerprint density at radius 1 is 1.16 bits per heavy atom. The van der Waals surface area contributed by atoms with Gasteiger partial charge in [-0.1, -0.05) is 6.07 Å². The van der Waals surface area contributed by atoms with E-state index in [1.165, 1.54) is 6.07 Å². The van der Waals surface area contributed by atoms with Gasteiger partial charge < -0.3 is 30.0 Å². The van der Waals surface area contributed by atoms with Gasteiger partial charge in [0.2, 0.25) is 5.89 Å². The number of amides is 1. The molecule has 10 nitrogen and oxygen atoms in total. The molecule has 200 valence electrons. The predicted molar refractivity (Wildman–Crippen MR) is 141 cm³/mol. The summed E-state index contributed by atoms with van der Waals surface area (Å²) in [4.78, 5) is 32.5. The number of aromatic carboxylic acids is 1. The Kier molecular flexibility index (Phi) is 10.7. The number of nitrogens with two attached hydrogens (primary N) is 1. The molecule has 37 heavy (non-hydrogen) atoms. The molecule has 1 atom stereocenters.